The van der Waals surface area contributed by atoms with E-state index in [1.54, 1.807) is 13.2 Å². The predicted octanol–water partition coefficient (Wildman–Crippen LogP) is 4.61. The molecule has 0 amide bonds. The number of carbonyl (C=O) groups is 1. The Morgan fingerprint density at radius 3 is 2.26 bits per heavy atom. The van der Waals surface area contributed by atoms with Gasteiger partial charge in [0, 0.05) is 0 Å². The average molecular weight is 270 g/mol. The topological polar surface area (TPSA) is 35.5 Å². The molecule has 0 saturated heterocycles. The molecule has 0 bridgehead atoms. The maximum Gasteiger partial charge on any atom is 0.346 e. The first-order valence-electron chi connectivity index (χ1n) is 7.50. The highest BCUT2D eigenvalue weighted by molar-refractivity contribution is 5.74. The highest BCUT2D eigenvalue weighted by Gasteiger charge is 2.12. The molecule has 0 spiro atoms. The summed E-state index contributed by atoms with van der Waals surface area (Å²) in [7, 11) is 1.37. The molecule has 19 heavy (non-hydrogen) atoms. The van der Waals surface area contributed by atoms with Crippen LogP contribution in [-0.2, 0) is 14.3 Å². The third-order valence-corrected chi connectivity index (χ3v) is 3.18. The SMILES string of the molecule is CCCCCCCCCC(C)=COC(C)C(=O)OC. The Hall–Kier alpha value is -0.990. The summed E-state index contributed by atoms with van der Waals surface area (Å²) in [5, 5.41) is 0. The first-order chi connectivity index (χ1) is 9.11. The number of hydrogen-bond acceptors (Lipinski definition) is 3. The summed E-state index contributed by atoms with van der Waals surface area (Å²) in [5.41, 5.74) is 1.18. The summed E-state index contributed by atoms with van der Waals surface area (Å²) >= 11 is 0. The smallest absolute Gasteiger partial charge is 0.346 e. The van der Waals surface area contributed by atoms with Gasteiger partial charge >= 0.3 is 5.97 Å². The second kappa shape index (κ2) is 12.1. The van der Waals surface area contributed by atoms with E-state index in [-0.39, 0.29) is 5.97 Å². The van der Waals surface area contributed by atoms with E-state index in [2.05, 4.69) is 11.7 Å². The van der Waals surface area contributed by atoms with Gasteiger partial charge in [-0.15, -0.1) is 0 Å². The van der Waals surface area contributed by atoms with E-state index in [0.29, 0.717) is 0 Å². The third-order valence-electron chi connectivity index (χ3n) is 3.18. The highest BCUT2D eigenvalue weighted by atomic mass is 16.6. The number of hydrogen-bond donors (Lipinski definition) is 0. The summed E-state index contributed by atoms with van der Waals surface area (Å²) in [4.78, 5) is 11.1. The zero-order chi connectivity index (χ0) is 14.5. The van der Waals surface area contributed by atoms with Gasteiger partial charge in [-0.3, -0.25) is 0 Å². The van der Waals surface area contributed by atoms with Crippen molar-refractivity contribution in [2.24, 2.45) is 0 Å². The average Bonchev–Trinajstić information content (AvgIpc) is 2.42. The quantitative estimate of drug-likeness (QED) is 0.312. The standard InChI is InChI=1S/C16H30O3/c1-5-6-7-8-9-10-11-12-14(2)13-19-15(3)16(17)18-4/h13,15H,5-12H2,1-4H3. The second-order valence-corrected chi connectivity index (χ2v) is 5.14. The molecule has 0 fully saturated rings. The Balaban J connectivity index is 3.57. The molecule has 0 aliphatic rings. The molecule has 1 atom stereocenters. The van der Waals surface area contributed by atoms with Gasteiger partial charge in [0.2, 0.25) is 0 Å². The third kappa shape index (κ3) is 10.6. The van der Waals surface area contributed by atoms with E-state index in [9.17, 15) is 4.79 Å². The van der Waals surface area contributed by atoms with Gasteiger partial charge in [-0.25, -0.2) is 4.79 Å². The zero-order valence-corrected chi connectivity index (χ0v) is 13.0. The minimum absolute atomic E-state index is 0.333. The molecule has 0 heterocycles. The Bertz CT molecular complexity index is 259. The van der Waals surface area contributed by atoms with Crippen LogP contribution in [0.1, 0.15) is 72.1 Å². The van der Waals surface area contributed by atoms with Crippen LogP contribution in [0.2, 0.25) is 0 Å². The fraction of sp³-hybridized carbons (Fsp3) is 0.812. The largest absolute Gasteiger partial charge is 0.487 e. The first kappa shape index (κ1) is 18.0. The lowest BCUT2D eigenvalue weighted by molar-refractivity contribution is -0.149. The van der Waals surface area contributed by atoms with Crippen LogP contribution in [0.5, 0.6) is 0 Å². The lowest BCUT2D eigenvalue weighted by atomic mass is 10.1. The fourth-order valence-corrected chi connectivity index (χ4v) is 1.86. The molecular weight excluding hydrogens is 240 g/mol. The van der Waals surface area contributed by atoms with Crippen molar-refractivity contribution in [3.63, 3.8) is 0 Å². The van der Waals surface area contributed by atoms with Crippen molar-refractivity contribution in [2.45, 2.75) is 78.2 Å². The van der Waals surface area contributed by atoms with E-state index in [1.165, 1.54) is 57.6 Å². The van der Waals surface area contributed by atoms with E-state index < -0.39 is 6.10 Å². The van der Waals surface area contributed by atoms with Crippen LogP contribution in [0.15, 0.2) is 11.8 Å². The molecule has 0 N–H and O–H groups in total. The molecule has 3 heteroatoms. The van der Waals surface area contributed by atoms with Crippen molar-refractivity contribution < 1.29 is 14.3 Å². The van der Waals surface area contributed by atoms with Gasteiger partial charge in [0.25, 0.3) is 0 Å². The van der Waals surface area contributed by atoms with Gasteiger partial charge in [0.15, 0.2) is 6.10 Å². The molecule has 0 saturated carbocycles. The minimum atomic E-state index is -0.519. The van der Waals surface area contributed by atoms with Gasteiger partial charge in [-0.2, -0.15) is 0 Å². The summed E-state index contributed by atoms with van der Waals surface area (Å²) in [6, 6.07) is 0. The lowest BCUT2D eigenvalue weighted by Gasteiger charge is -2.09. The Morgan fingerprint density at radius 1 is 1.11 bits per heavy atom. The summed E-state index contributed by atoms with van der Waals surface area (Å²) in [6.45, 7) is 5.98. The van der Waals surface area contributed by atoms with Crippen LogP contribution in [0.4, 0.5) is 0 Å². The molecule has 0 radical (unpaired) electrons. The van der Waals surface area contributed by atoms with Crippen LogP contribution in [-0.4, -0.2) is 19.2 Å². The monoisotopic (exact) mass is 270 g/mol. The van der Waals surface area contributed by atoms with Gasteiger partial charge in [0.05, 0.1) is 13.4 Å². The molecular formula is C16H30O3. The fourth-order valence-electron chi connectivity index (χ4n) is 1.86. The Morgan fingerprint density at radius 2 is 1.68 bits per heavy atom. The molecule has 0 rings (SSSR count). The van der Waals surface area contributed by atoms with Crippen molar-refractivity contribution in [3.05, 3.63) is 11.8 Å². The number of unbranched alkanes of at least 4 members (excludes halogenated alkanes) is 6. The van der Waals surface area contributed by atoms with Crippen molar-refractivity contribution in [1.82, 2.24) is 0 Å². The van der Waals surface area contributed by atoms with Crippen LogP contribution < -0.4 is 0 Å². The highest BCUT2D eigenvalue weighted by Crippen LogP contribution is 2.12. The maximum atomic E-state index is 11.1. The van der Waals surface area contributed by atoms with E-state index in [1.807, 2.05) is 6.92 Å². The molecule has 3 nitrogen and oxygen atoms in total. The van der Waals surface area contributed by atoms with Crippen molar-refractivity contribution in [1.29, 1.82) is 0 Å². The number of methoxy groups -OCH3 is 1. The van der Waals surface area contributed by atoms with E-state index >= 15 is 0 Å². The molecule has 0 aliphatic heterocycles. The van der Waals surface area contributed by atoms with Crippen molar-refractivity contribution in [3.8, 4) is 0 Å². The summed E-state index contributed by atoms with van der Waals surface area (Å²) in [6.07, 6.45) is 11.4. The van der Waals surface area contributed by atoms with Crippen LogP contribution in [0.3, 0.4) is 0 Å². The van der Waals surface area contributed by atoms with Gasteiger partial charge in [-0.05, 0) is 32.3 Å². The number of allylic oxidation sites excluding steroid dienone is 1. The lowest BCUT2D eigenvalue weighted by Crippen LogP contribution is -2.19. The number of carbonyl (C=O) groups excluding carboxylic acids is 1. The molecule has 112 valence electrons. The number of rotatable bonds is 11. The minimum Gasteiger partial charge on any atom is -0.487 e. The summed E-state index contributed by atoms with van der Waals surface area (Å²) in [5.74, 6) is -0.333. The van der Waals surface area contributed by atoms with Gasteiger partial charge < -0.3 is 9.47 Å². The Labute approximate surface area is 118 Å². The molecule has 0 aromatic carbocycles. The number of esters is 1. The predicted molar refractivity (Wildman–Crippen MR) is 78.9 cm³/mol. The van der Waals surface area contributed by atoms with Crippen molar-refractivity contribution >= 4 is 5.97 Å². The molecule has 1 unspecified atom stereocenters. The number of ether oxygens (including phenoxy) is 2. The van der Waals surface area contributed by atoms with Crippen molar-refractivity contribution in [2.75, 3.05) is 7.11 Å². The Kier molecular flexibility index (Phi) is 11.4. The summed E-state index contributed by atoms with van der Waals surface area (Å²) < 4.78 is 9.93. The zero-order valence-electron chi connectivity index (χ0n) is 13.0. The molecule has 0 aliphatic carbocycles. The first-order valence-corrected chi connectivity index (χ1v) is 7.50. The van der Waals surface area contributed by atoms with Gasteiger partial charge in [-0.1, -0.05) is 45.4 Å². The van der Waals surface area contributed by atoms with E-state index in [4.69, 9.17) is 4.74 Å². The molecule has 0 aromatic heterocycles. The second-order valence-electron chi connectivity index (χ2n) is 5.14. The van der Waals surface area contributed by atoms with E-state index in [0.717, 1.165) is 6.42 Å². The van der Waals surface area contributed by atoms with Crippen LogP contribution in [0.25, 0.3) is 0 Å². The normalized spacial score (nSPS) is 13.2. The van der Waals surface area contributed by atoms with Crippen LogP contribution >= 0.6 is 0 Å². The van der Waals surface area contributed by atoms with Gasteiger partial charge in [0.1, 0.15) is 0 Å². The maximum absolute atomic E-state index is 11.1. The molecule has 0 aromatic rings. The van der Waals surface area contributed by atoms with Crippen LogP contribution in [0, 0.1) is 0 Å².